The Bertz CT molecular complexity index is 607. The van der Waals surface area contributed by atoms with Crippen molar-refractivity contribution in [2.45, 2.75) is 104 Å². The van der Waals surface area contributed by atoms with E-state index in [1.165, 1.54) is 38.2 Å². The van der Waals surface area contributed by atoms with E-state index < -0.39 is 11.9 Å². The average molecular weight is 389 g/mol. The van der Waals surface area contributed by atoms with E-state index in [2.05, 4.69) is 13.8 Å². The third kappa shape index (κ3) is 8.45. The predicted octanol–water partition coefficient (Wildman–Crippen LogP) is 4.22. The smallest absolute Gasteiger partial charge is 0.0721 e. The summed E-state index contributed by atoms with van der Waals surface area (Å²) in [5.74, 6) is -2.58. The molecule has 0 unspecified atom stereocenters. The van der Waals surface area contributed by atoms with Gasteiger partial charge in [0.2, 0.25) is 0 Å². The van der Waals surface area contributed by atoms with Crippen LogP contribution in [0.4, 0.5) is 0 Å². The summed E-state index contributed by atoms with van der Waals surface area (Å²) in [7, 11) is 0. The lowest BCUT2D eigenvalue weighted by Gasteiger charge is -2.20. The van der Waals surface area contributed by atoms with Crippen LogP contribution in [-0.4, -0.2) is 11.9 Å². The van der Waals surface area contributed by atoms with Crippen LogP contribution in [0, 0.1) is 0 Å². The Morgan fingerprint density at radius 2 is 1.18 bits per heavy atom. The van der Waals surface area contributed by atoms with Crippen LogP contribution in [0.5, 0.6) is 0 Å². The minimum atomic E-state index is -1.31. The van der Waals surface area contributed by atoms with Gasteiger partial charge in [-0.25, -0.2) is 0 Å². The number of hydrogen-bond acceptors (Lipinski definition) is 4. The topological polar surface area (TPSA) is 80.3 Å². The summed E-state index contributed by atoms with van der Waals surface area (Å²) in [6.07, 6.45) is 14.2. The molecule has 0 aliphatic rings. The van der Waals surface area contributed by atoms with Gasteiger partial charge in [0.25, 0.3) is 0 Å². The number of unbranched alkanes of at least 4 members (excludes halogenated alkanes) is 10. The van der Waals surface area contributed by atoms with Crippen molar-refractivity contribution in [2.24, 2.45) is 0 Å². The Morgan fingerprint density at radius 3 is 1.68 bits per heavy atom. The molecule has 0 heterocycles. The highest BCUT2D eigenvalue weighted by atomic mass is 16.4. The van der Waals surface area contributed by atoms with Crippen molar-refractivity contribution in [3.05, 3.63) is 34.4 Å². The van der Waals surface area contributed by atoms with E-state index in [0.29, 0.717) is 24.0 Å². The minimum absolute atomic E-state index is 0.000506. The predicted molar refractivity (Wildman–Crippen MR) is 109 cm³/mol. The molecule has 0 aliphatic carbocycles. The Kier molecular flexibility index (Phi) is 12.3. The SMILES string of the molecule is CCCCCCCCc1ccc(C(=O)[O-])c(CCCCCCCC)c1C(=O)[O-]. The van der Waals surface area contributed by atoms with Gasteiger partial charge in [0, 0.05) is 11.1 Å². The maximum Gasteiger partial charge on any atom is 0.0721 e. The van der Waals surface area contributed by atoms with Gasteiger partial charge in [0.15, 0.2) is 0 Å². The summed E-state index contributed by atoms with van der Waals surface area (Å²) in [5.41, 5.74) is 1.17. The van der Waals surface area contributed by atoms with Crippen LogP contribution < -0.4 is 10.2 Å². The number of carbonyl (C=O) groups is 2. The van der Waals surface area contributed by atoms with Gasteiger partial charge in [-0.05, 0) is 36.8 Å². The van der Waals surface area contributed by atoms with Gasteiger partial charge in [-0.2, -0.15) is 0 Å². The zero-order valence-corrected chi connectivity index (χ0v) is 17.7. The highest BCUT2D eigenvalue weighted by Gasteiger charge is 2.15. The Balaban J connectivity index is 2.84. The first kappa shape index (κ1) is 24.2. The van der Waals surface area contributed by atoms with Crippen molar-refractivity contribution >= 4 is 11.9 Å². The molecule has 1 rings (SSSR count). The van der Waals surface area contributed by atoms with E-state index in [9.17, 15) is 19.8 Å². The van der Waals surface area contributed by atoms with Crippen LogP contribution in [0.3, 0.4) is 0 Å². The first-order chi connectivity index (χ1) is 13.5. The molecule has 4 nitrogen and oxygen atoms in total. The number of rotatable bonds is 16. The lowest BCUT2D eigenvalue weighted by atomic mass is 9.89. The number of carboxylic acid groups (broad SMARTS) is 2. The van der Waals surface area contributed by atoms with E-state index >= 15 is 0 Å². The molecule has 0 bridgehead atoms. The number of carboxylic acids is 2. The van der Waals surface area contributed by atoms with Crippen LogP contribution in [0.15, 0.2) is 12.1 Å². The monoisotopic (exact) mass is 388 g/mol. The van der Waals surface area contributed by atoms with Crippen molar-refractivity contribution in [3.8, 4) is 0 Å². The summed E-state index contributed by atoms with van der Waals surface area (Å²) < 4.78 is 0. The number of aryl methyl sites for hydroxylation is 1. The Morgan fingerprint density at radius 1 is 0.679 bits per heavy atom. The molecule has 0 amide bonds. The molecular formula is C24H36O4-2. The molecule has 4 heteroatoms. The fourth-order valence-corrected chi connectivity index (χ4v) is 3.79. The normalized spacial score (nSPS) is 10.9. The Hall–Kier alpha value is -1.84. The molecule has 0 fully saturated rings. The van der Waals surface area contributed by atoms with E-state index in [0.717, 1.165) is 44.9 Å². The number of hydrogen-bond donors (Lipinski definition) is 0. The van der Waals surface area contributed by atoms with E-state index in [4.69, 9.17) is 0 Å². The number of carbonyl (C=O) groups excluding carboxylic acids is 2. The second-order valence-electron chi connectivity index (χ2n) is 7.74. The van der Waals surface area contributed by atoms with Gasteiger partial charge in [0.05, 0.1) is 11.9 Å². The molecule has 0 aliphatic heterocycles. The fourth-order valence-electron chi connectivity index (χ4n) is 3.79. The summed E-state index contributed by atoms with van der Waals surface area (Å²) >= 11 is 0. The molecule has 0 saturated carbocycles. The van der Waals surface area contributed by atoms with E-state index in [1.54, 1.807) is 6.07 Å². The highest BCUT2D eigenvalue weighted by Crippen LogP contribution is 2.24. The molecule has 158 valence electrons. The number of benzene rings is 1. The van der Waals surface area contributed by atoms with E-state index in [1.807, 2.05) is 0 Å². The third-order valence-corrected chi connectivity index (χ3v) is 5.40. The summed E-state index contributed by atoms with van der Waals surface area (Å²) in [6, 6.07) is 3.15. The molecule has 0 N–H and O–H groups in total. The average Bonchev–Trinajstić information content (AvgIpc) is 2.66. The van der Waals surface area contributed by atoms with Crippen LogP contribution in [0.2, 0.25) is 0 Å². The van der Waals surface area contributed by atoms with Crippen molar-refractivity contribution in [1.29, 1.82) is 0 Å². The van der Waals surface area contributed by atoms with E-state index in [-0.39, 0.29) is 11.1 Å². The summed E-state index contributed by atoms with van der Waals surface area (Å²) in [4.78, 5) is 23.4. The van der Waals surface area contributed by atoms with Crippen LogP contribution in [0.25, 0.3) is 0 Å². The number of aromatic carboxylic acids is 2. The molecule has 0 saturated heterocycles. The van der Waals surface area contributed by atoms with Gasteiger partial charge in [-0.1, -0.05) is 90.2 Å². The minimum Gasteiger partial charge on any atom is -0.545 e. The molecule has 28 heavy (non-hydrogen) atoms. The molecular weight excluding hydrogens is 352 g/mol. The van der Waals surface area contributed by atoms with Gasteiger partial charge in [0.1, 0.15) is 0 Å². The third-order valence-electron chi connectivity index (χ3n) is 5.40. The maximum atomic E-state index is 11.8. The van der Waals surface area contributed by atoms with Crippen molar-refractivity contribution < 1.29 is 19.8 Å². The maximum absolute atomic E-state index is 11.8. The van der Waals surface area contributed by atoms with Crippen LogP contribution in [0.1, 0.15) is 123 Å². The second kappa shape index (κ2) is 14.2. The quantitative estimate of drug-likeness (QED) is 0.397. The molecule has 0 radical (unpaired) electrons. The molecule has 0 aromatic heterocycles. The molecule has 0 atom stereocenters. The molecule has 1 aromatic carbocycles. The summed E-state index contributed by atoms with van der Waals surface area (Å²) in [5, 5.41) is 23.4. The lowest BCUT2D eigenvalue weighted by Crippen LogP contribution is -2.29. The van der Waals surface area contributed by atoms with Gasteiger partial charge < -0.3 is 19.8 Å². The van der Waals surface area contributed by atoms with Gasteiger partial charge in [-0.3, -0.25) is 0 Å². The van der Waals surface area contributed by atoms with Crippen molar-refractivity contribution in [2.75, 3.05) is 0 Å². The van der Waals surface area contributed by atoms with Crippen LogP contribution >= 0.6 is 0 Å². The fraction of sp³-hybridized carbons (Fsp3) is 0.667. The standard InChI is InChI=1S/C24H38O4/c1-3-5-7-9-11-13-15-19-17-18-21(23(25)26)20(22(19)24(27)28)16-14-12-10-8-6-4-2/h17-18H,3-16H2,1-2H3,(H,25,26)(H,27,28)/p-2. The molecule has 1 aromatic rings. The zero-order chi connectivity index (χ0) is 20.8. The Labute approximate surface area is 170 Å². The second-order valence-corrected chi connectivity index (χ2v) is 7.74. The molecule has 0 spiro atoms. The summed E-state index contributed by atoms with van der Waals surface area (Å²) in [6.45, 7) is 4.34. The van der Waals surface area contributed by atoms with Gasteiger partial charge >= 0.3 is 0 Å². The first-order valence-corrected chi connectivity index (χ1v) is 11.1. The zero-order valence-electron chi connectivity index (χ0n) is 17.7. The first-order valence-electron chi connectivity index (χ1n) is 11.1. The highest BCUT2D eigenvalue weighted by molar-refractivity contribution is 5.96. The largest absolute Gasteiger partial charge is 0.545 e. The van der Waals surface area contributed by atoms with Crippen molar-refractivity contribution in [3.63, 3.8) is 0 Å². The lowest BCUT2D eigenvalue weighted by molar-refractivity contribution is -0.255. The van der Waals surface area contributed by atoms with Crippen LogP contribution in [-0.2, 0) is 12.8 Å². The van der Waals surface area contributed by atoms with Gasteiger partial charge in [-0.15, -0.1) is 0 Å². The van der Waals surface area contributed by atoms with Crippen molar-refractivity contribution in [1.82, 2.24) is 0 Å².